The lowest BCUT2D eigenvalue weighted by Gasteiger charge is -2.09. The molecule has 0 radical (unpaired) electrons. The van der Waals surface area contributed by atoms with E-state index in [4.69, 9.17) is 9.47 Å². The zero-order valence-electron chi connectivity index (χ0n) is 11.1. The van der Waals surface area contributed by atoms with E-state index in [1.54, 1.807) is 7.11 Å². The molecule has 0 aromatic heterocycles. The Hall–Kier alpha value is -1.96. The highest BCUT2D eigenvalue weighted by molar-refractivity contribution is 5.39. The van der Waals surface area contributed by atoms with E-state index in [1.807, 2.05) is 30.3 Å². The van der Waals surface area contributed by atoms with E-state index in [0.717, 1.165) is 23.7 Å². The van der Waals surface area contributed by atoms with Crippen molar-refractivity contribution in [1.82, 2.24) is 0 Å². The fraction of sp³-hybridized carbons (Fsp3) is 0.250. The third-order valence-electron chi connectivity index (χ3n) is 2.99. The molecule has 2 aromatic carbocycles. The molecule has 0 atom stereocenters. The Morgan fingerprint density at radius 2 is 1.50 bits per heavy atom. The van der Waals surface area contributed by atoms with Gasteiger partial charge in [0.1, 0.15) is 17.2 Å². The number of hydrogen-bond acceptors (Lipinski definition) is 2. The number of aryl methyl sites for hydroxylation is 2. The molecule has 2 aromatic rings. The first-order valence-electron chi connectivity index (χ1n) is 6.14. The van der Waals surface area contributed by atoms with Crippen LogP contribution in [-0.2, 0) is 6.42 Å². The minimum Gasteiger partial charge on any atom is -0.497 e. The van der Waals surface area contributed by atoms with Crippen LogP contribution in [0, 0.1) is 6.92 Å². The molecule has 2 heteroatoms. The van der Waals surface area contributed by atoms with Gasteiger partial charge in [-0.05, 0) is 60.9 Å². The van der Waals surface area contributed by atoms with Crippen LogP contribution < -0.4 is 9.47 Å². The molecule has 0 saturated carbocycles. The van der Waals surface area contributed by atoms with Crippen LogP contribution in [0.15, 0.2) is 42.5 Å². The van der Waals surface area contributed by atoms with Gasteiger partial charge in [0.05, 0.1) is 7.11 Å². The number of hydrogen-bond donors (Lipinski definition) is 0. The van der Waals surface area contributed by atoms with Gasteiger partial charge in [0.15, 0.2) is 0 Å². The van der Waals surface area contributed by atoms with E-state index >= 15 is 0 Å². The van der Waals surface area contributed by atoms with Crippen molar-refractivity contribution in [2.75, 3.05) is 7.11 Å². The molecule has 2 nitrogen and oxygen atoms in total. The minimum atomic E-state index is 0.819. The zero-order valence-corrected chi connectivity index (χ0v) is 11.1. The second-order valence-corrected chi connectivity index (χ2v) is 4.22. The molecule has 0 aliphatic heterocycles. The Labute approximate surface area is 108 Å². The smallest absolute Gasteiger partial charge is 0.127 e. The van der Waals surface area contributed by atoms with Gasteiger partial charge in [0, 0.05) is 0 Å². The van der Waals surface area contributed by atoms with Crippen LogP contribution >= 0.6 is 0 Å². The molecule has 94 valence electrons. The lowest BCUT2D eigenvalue weighted by atomic mass is 10.1. The quantitative estimate of drug-likeness (QED) is 0.793. The number of rotatable bonds is 4. The van der Waals surface area contributed by atoms with Gasteiger partial charge in [-0.2, -0.15) is 0 Å². The van der Waals surface area contributed by atoms with Crippen molar-refractivity contribution in [2.24, 2.45) is 0 Å². The van der Waals surface area contributed by atoms with Gasteiger partial charge in [-0.1, -0.05) is 13.0 Å². The van der Waals surface area contributed by atoms with Crippen LogP contribution in [0.25, 0.3) is 0 Å². The van der Waals surface area contributed by atoms with Crippen molar-refractivity contribution in [3.63, 3.8) is 0 Å². The monoisotopic (exact) mass is 242 g/mol. The lowest BCUT2D eigenvalue weighted by Crippen LogP contribution is -1.89. The number of benzene rings is 2. The van der Waals surface area contributed by atoms with Gasteiger partial charge < -0.3 is 9.47 Å². The van der Waals surface area contributed by atoms with Crippen molar-refractivity contribution in [3.05, 3.63) is 53.6 Å². The summed E-state index contributed by atoms with van der Waals surface area (Å²) >= 11 is 0. The predicted molar refractivity (Wildman–Crippen MR) is 73.6 cm³/mol. The van der Waals surface area contributed by atoms with Crippen molar-refractivity contribution in [1.29, 1.82) is 0 Å². The van der Waals surface area contributed by atoms with Gasteiger partial charge in [0.25, 0.3) is 0 Å². The molecule has 0 aliphatic rings. The molecule has 0 saturated heterocycles. The Bertz CT molecular complexity index is 515. The molecule has 0 fully saturated rings. The van der Waals surface area contributed by atoms with Crippen molar-refractivity contribution < 1.29 is 9.47 Å². The first-order chi connectivity index (χ1) is 8.72. The number of ether oxygens (including phenoxy) is 2. The Morgan fingerprint density at radius 3 is 2.06 bits per heavy atom. The molecule has 2 rings (SSSR count). The highest BCUT2D eigenvalue weighted by atomic mass is 16.5. The summed E-state index contributed by atoms with van der Waals surface area (Å²) in [5, 5.41) is 0. The summed E-state index contributed by atoms with van der Waals surface area (Å²) in [5.74, 6) is 2.52. The van der Waals surface area contributed by atoms with E-state index < -0.39 is 0 Å². The topological polar surface area (TPSA) is 18.5 Å². The molecule has 0 spiro atoms. The summed E-state index contributed by atoms with van der Waals surface area (Å²) in [6, 6.07) is 13.8. The summed E-state index contributed by atoms with van der Waals surface area (Å²) in [6.45, 7) is 4.27. The van der Waals surface area contributed by atoms with Gasteiger partial charge in [-0.3, -0.25) is 0 Å². The van der Waals surface area contributed by atoms with Gasteiger partial charge in [-0.15, -0.1) is 0 Å². The first kappa shape index (κ1) is 12.5. The molecule has 0 aliphatic carbocycles. The molecule has 0 bridgehead atoms. The third kappa shape index (κ3) is 2.83. The number of methoxy groups -OCH3 is 1. The van der Waals surface area contributed by atoms with E-state index in [0.29, 0.717) is 0 Å². The van der Waals surface area contributed by atoms with Crippen LogP contribution in [-0.4, -0.2) is 7.11 Å². The SMILES string of the molecule is CCc1ccc(Oc2ccc(OC)cc2)cc1C. The van der Waals surface area contributed by atoms with Crippen LogP contribution in [0.2, 0.25) is 0 Å². The van der Waals surface area contributed by atoms with Gasteiger partial charge in [-0.25, -0.2) is 0 Å². The third-order valence-corrected chi connectivity index (χ3v) is 2.99. The molecule has 18 heavy (non-hydrogen) atoms. The van der Waals surface area contributed by atoms with Gasteiger partial charge >= 0.3 is 0 Å². The fourth-order valence-electron chi connectivity index (χ4n) is 1.91. The van der Waals surface area contributed by atoms with E-state index in [9.17, 15) is 0 Å². The average molecular weight is 242 g/mol. The second-order valence-electron chi connectivity index (χ2n) is 4.22. The Kier molecular flexibility index (Phi) is 3.88. The average Bonchev–Trinajstić information content (AvgIpc) is 2.40. The molecular weight excluding hydrogens is 224 g/mol. The molecule has 0 heterocycles. The van der Waals surface area contributed by atoms with Gasteiger partial charge in [0.2, 0.25) is 0 Å². The zero-order chi connectivity index (χ0) is 13.0. The van der Waals surface area contributed by atoms with Crippen molar-refractivity contribution in [3.8, 4) is 17.2 Å². The fourth-order valence-corrected chi connectivity index (χ4v) is 1.91. The molecular formula is C16H18O2. The summed E-state index contributed by atoms with van der Waals surface area (Å²) in [6.07, 6.45) is 1.05. The summed E-state index contributed by atoms with van der Waals surface area (Å²) in [4.78, 5) is 0. The molecule has 0 amide bonds. The maximum atomic E-state index is 5.80. The maximum absolute atomic E-state index is 5.80. The maximum Gasteiger partial charge on any atom is 0.127 e. The first-order valence-corrected chi connectivity index (χ1v) is 6.14. The van der Waals surface area contributed by atoms with E-state index in [1.165, 1.54) is 11.1 Å². The standard InChI is InChI=1S/C16H18O2/c1-4-13-5-6-16(11-12(13)2)18-15-9-7-14(17-3)8-10-15/h5-11H,4H2,1-3H3. The van der Waals surface area contributed by atoms with Crippen LogP contribution in [0.1, 0.15) is 18.1 Å². The summed E-state index contributed by atoms with van der Waals surface area (Å²) < 4.78 is 10.9. The summed E-state index contributed by atoms with van der Waals surface area (Å²) in [5.41, 5.74) is 2.63. The van der Waals surface area contributed by atoms with Crippen LogP contribution in [0.3, 0.4) is 0 Å². The minimum absolute atomic E-state index is 0.819. The van der Waals surface area contributed by atoms with Crippen molar-refractivity contribution in [2.45, 2.75) is 20.3 Å². The van der Waals surface area contributed by atoms with Crippen molar-refractivity contribution >= 4 is 0 Å². The normalized spacial score (nSPS) is 10.2. The highest BCUT2D eigenvalue weighted by Crippen LogP contribution is 2.25. The lowest BCUT2D eigenvalue weighted by molar-refractivity contribution is 0.413. The Morgan fingerprint density at radius 1 is 0.889 bits per heavy atom. The van der Waals surface area contributed by atoms with E-state index in [2.05, 4.69) is 26.0 Å². The van der Waals surface area contributed by atoms with E-state index in [-0.39, 0.29) is 0 Å². The summed E-state index contributed by atoms with van der Waals surface area (Å²) in [7, 11) is 1.66. The predicted octanol–water partition coefficient (Wildman–Crippen LogP) is 4.36. The van der Waals surface area contributed by atoms with Crippen LogP contribution in [0.4, 0.5) is 0 Å². The molecule has 0 unspecified atom stereocenters. The van der Waals surface area contributed by atoms with Crippen LogP contribution in [0.5, 0.6) is 17.2 Å². The largest absolute Gasteiger partial charge is 0.497 e. The second kappa shape index (κ2) is 5.58. The Balaban J connectivity index is 2.15. The highest BCUT2D eigenvalue weighted by Gasteiger charge is 2.01. The molecule has 0 N–H and O–H groups in total.